The number of para-hydroxylation sites is 1. The second kappa shape index (κ2) is 8.94. The van der Waals surface area contributed by atoms with E-state index >= 15 is 0 Å². The first kappa shape index (κ1) is 19.3. The summed E-state index contributed by atoms with van der Waals surface area (Å²) in [5.74, 6) is 0.677. The molecule has 0 amide bonds. The van der Waals surface area contributed by atoms with Crippen molar-refractivity contribution >= 4 is 11.0 Å². The minimum Gasteiger partial charge on any atom is -0.439 e. The Kier molecular flexibility index (Phi) is 6.16. The Hall–Kier alpha value is -3.48. The predicted molar refractivity (Wildman–Crippen MR) is 104 cm³/mol. The molecular weight excluding hydrogens is 362 g/mol. The fourth-order valence-corrected chi connectivity index (χ4v) is 2.51. The summed E-state index contributed by atoms with van der Waals surface area (Å²) in [7, 11) is 0. The Bertz CT molecular complexity index is 1040. The molecule has 0 radical (unpaired) electrons. The number of nitrogens with zero attached hydrogens (tertiary/aromatic N) is 4. The average Bonchev–Trinajstić information content (AvgIpc) is 2.72. The zero-order valence-corrected chi connectivity index (χ0v) is 15.2. The van der Waals surface area contributed by atoms with Gasteiger partial charge in [0.15, 0.2) is 0 Å². The largest absolute Gasteiger partial charge is 0.439 e. The fraction of sp³-hybridized carbons (Fsp3) is 0.143. The number of hydrogen-bond acceptors (Lipinski definition) is 5. The summed E-state index contributed by atoms with van der Waals surface area (Å²) in [6.45, 7) is 5.25. The number of benzene rings is 1. The van der Waals surface area contributed by atoms with Crippen LogP contribution in [0.25, 0.3) is 22.2 Å². The van der Waals surface area contributed by atoms with Gasteiger partial charge in [-0.15, -0.1) is 0 Å². The summed E-state index contributed by atoms with van der Waals surface area (Å²) in [5, 5.41) is 0. The molecule has 28 heavy (non-hydrogen) atoms. The maximum atomic E-state index is 12.7. The highest BCUT2D eigenvalue weighted by atomic mass is 19.3. The van der Waals surface area contributed by atoms with Gasteiger partial charge in [-0.2, -0.15) is 0 Å². The summed E-state index contributed by atoms with van der Waals surface area (Å²) >= 11 is 0. The van der Waals surface area contributed by atoms with Gasteiger partial charge in [-0.3, -0.25) is 9.97 Å². The number of alkyl halides is 2. The zero-order chi connectivity index (χ0) is 19.9. The Morgan fingerprint density at radius 1 is 1.14 bits per heavy atom. The summed E-state index contributed by atoms with van der Waals surface area (Å²) in [6, 6.07) is 5.59. The van der Waals surface area contributed by atoms with Gasteiger partial charge in [-0.05, 0) is 24.6 Å². The highest BCUT2D eigenvalue weighted by Crippen LogP contribution is 2.32. The van der Waals surface area contributed by atoms with Crippen LogP contribution in [0.3, 0.4) is 0 Å². The fourth-order valence-electron chi connectivity index (χ4n) is 2.51. The van der Waals surface area contributed by atoms with Gasteiger partial charge in [-0.25, -0.2) is 18.7 Å². The van der Waals surface area contributed by atoms with Crippen LogP contribution in [0.15, 0.2) is 79.3 Å². The van der Waals surface area contributed by atoms with Gasteiger partial charge in [0.1, 0.15) is 12.1 Å². The molecule has 0 aliphatic heterocycles. The van der Waals surface area contributed by atoms with E-state index < -0.39 is 6.43 Å². The molecule has 7 heteroatoms. The van der Waals surface area contributed by atoms with Crippen molar-refractivity contribution in [2.45, 2.75) is 19.8 Å². The minimum atomic E-state index is -2.62. The second-order valence-corrected chi connectivity index (χ2v) is 5.80. The van der Waals surface area contributed by atoms with Crippen molar-refractivity contribution in [3.63, 3.8) is 0 Å². The SMILES string of the molecule is C=C(/C=C\C(=C/CC)Oc1ncncc1-c1cccc2nccnc12)C(F)F. The molecular formula is C21H18F2N4O. The molecule has 0 bridgehead atoms. The molecule has 0 saturated heterocycles. The number of aromatic nitrogens is 4. The lowest BCUT2D eigenvalue weighted by atomic mass is 10.1. The smallest absolute Gasteiger partial charge is 0.263 e. The standard InChI is InChI=1S/C21H18F2N4O/c1-3-5-15(9-8-14(2)20(22)23)28-21-17(12-24-13-27-21)16-6-4-7-18-19(16)26-11-10-25-18/h4-13,20H,2-3H2,1H3/b9-8-,15-5+. The number of allylic oxidation sites excluding steroid dienone is 4. The molecule has 0 aliphatic rings. The third-order valence-electron chi connectivity index (χ3n) is 3.83. The Morgan fingerprint density at radius 2 is 1.96 bits per heavy atom. The van der Waals surface area contributed by atoms with E-state index in [0.29, 0.717) is 29.1 Å². The summed E-state index contributed by atoms with van der Waals surface area (Å²) < 4.78 is 31.3. The van der Waals surface area contributed by atoms with E-state index in [2.05, 4.69) is 26.5 Å². The van der Waals surface area contributed by atoms with Gasteiger partial charge in [0.25, 0.3) is 6.43 Å². The molecule has 0 aliphatic carbocycles. The van der Waals surface area contributed by atoms with Crippen molar-refractivity contribution in [3.8, 4) is 17.0 Å². The van der Waals surface area contributed by atoms with Gasteiger partial charge < -0.3 is 4.74 Å². The molecule has 142 valence electrons. The maximum absolute atomic E-state index is 12.7. The first-order chi connectivity index (χ1) is 13.6. The normalized spacial score (nSPS) is 12.1. The first-order valence-electron chi connectivity index (χ1n) is 8.63. The van der Waals surface area contributed by atoms with Crippen molar-refractivity contribution in [1.29, 1.82) is 0 Å². The summed E-state index contributed by atoms with van der Waals surface area (Å²) in [5.41, 5.74) is 2.51. The number of fused-ring (bicyclic) bond motifs is 1. The lowest BCUT2D eigenvalue weighted by molar-refractivity contribution is 0.194. The van der Waals surface area contributed by atoms with Gasteiger partial charge in [0.05, 0.1) is 16.6 Å². The third-order valence-corrected chi connectivity index (χ3v) is 3.83. The van der Waals surface area contributed by atoms with Gasteiger partial charge in [0.2, 0.25) is 5.88 Å². The third kappa shape index (κ3) is 4.43. The predicted octanol–water partition coefficient (Wildman–Crippen LogP) is 5.14. The summed E-state index contributed by atoms with van der Waals surface area (Å²) in [4.78, 5) is 17.0. The highest BCUT2D eigenvalue weighted by Gasteiger charge is 2.14. The van der Waals surface area contributed by atoms with Crippen LogP contribution in [-0.2, 0) is 0 Å². The van der Waals surface area contributed by atoms with Gasteiger partial charge in [-0.1, -0.05) is 31.7 Å². The Labute approximate surface area is 161 Å². The van der Waals surface area contributed by atoms with E-state index in [1.807, 2.05) is 25.1 Å². The zero-order valence-electron chi connectivity index (χ0n) is 15.2. The van der Waals surface area contributed by atoms with E-state index in [1.165, 1.54) is 18.5 Å². The average molecular weight is 380 g/mol. The van der Waals surface area contributed by atoms with E-state index in [-0.39, 0.29) is 5.57 Å². The number of hydrogen-bond donors (Lipinski definition) is 0. The number of halogens is 2. The summed E-state index contributed by atoms with van der Waals surface area (Å²) in [6.07, 6.45) is 8.69. The van der Waals surface area contributed by atoms with Crippen molar-refractivity contribution in [3.05, 3.63) is 79.3 Å². The molecule has 0 saturated carbocycles. The first-order valence-corrected chi connectivity index (χ1v) is 8.63. The highest BCUT2D eigenvalue weighted by molar-refractivity contribution is 5.92. The molecule has 5 nitrogen and oxygen atoms in total. The van der Waals surface area contributed by atoms with E-state index in [1.54, 1.807) is 24.7 Å². The van der Waals surface area contributed by atoms with Crippen LogP contribution in [0, 0.1) is 0 Å². The lowest BCUT2D eigenvalue weighted by Gasteiger charge is -2.11. The van der Waals surface area contributed by atoms with Gasteiger partial charge >= 0.3 is 0 Å². The molecule has 0 N–H and O–H groups in total. The monoisotopic (exact) mass is 380 g/mol. The maximum Gasteiger partial charge on any atom is 0.263 e. The number of rotatable bonds is 7. The molecule has 0 fully saturated rings. The van der Waals surface area contributed by atoms with E-state index in [0.717, 1.165) is 11.1 Å². The van der Waals surface area contributed by atoms with Crippen molar-refractivity contribution in [1.82, 2.24) is 19.9 Å². The Balaban J connectivity index is 2.00. The molecule has 2 aromatic heterocycles. The van der Waals surface area contributed by atoms with E-state index in [9.17, 15) is 8.78 Å². The van der Waals surface area contributed by atoms with Gasteiger partial charge in [0, 0.05) is 29.7 Å². The minimum absolute atomic E-state index is 0.292. The molecule has 3 rings (SSSR count). The van der Waals surface area contributed by atoms with Crippen LogP contribution < -0.4 is 4.74 Å². The van der Waals surface area contributed by atoms with Crippen molar-refractivity contribution < 1.29 is 13.5 Å². The number of ether oxygens (including phenoxy) is 1. The van der Waals surface area contributed by atoms with Crippen molar-refractivity contribution in [2.24, 2.45) is 0 Å². The second-order valence-electron chi connectivity index (χ2n) is 5.80. The Morgan fingerprint density at radius 3 is 2.75 bits per heavy atom. The van der Waals surface area contributed by atoms with Crippen LogP contribution in [0.1, 0.15) is 13.3 Å². The quantitative estimate of drug-likeness (QED) is 0.420. The van der Waals surface area contributed by atoms with Crippen LogP contribution >= 0.6 is 0 Å². The van der Waals surface area contributed by atoms with Crippen LogP contribution in [0.2, 0.25) is 0 Å². The van der Waals surface area contributed by atoms with Crippen LogP contribution in [0.5, 0.6) is 5.88 Å². The molecule has 3 aromatic rings. The lowest BCUT2D eigenvalue weighted by Crippen LogP contribution is -1.99. The molecule has 0 unspecified atom stereocenters. The van der Waals surface area contributed by atoms with Crippen LogP contribution in [0.4, 0.5) is 8.78 Å². The van der Waals surface area contributed by atoms with Crippen molar-refractivity contribution in [2.75, 3.05) is 0 Å². The molecule has 2 heterocycles. The molecule has 0 spiro atoms. The molecule has 0 atom stereocenters. The topological polar surface area (TPSA) is 60.8 Å². The van der Waals surface area contributed by atoms with E-state index in [4.69, 9.17) is 4.74 Å². The molecule has 1 aromatic carbocycles. The van der Waals surface area contributed by atoms with Crippen LogP contribution in [-0.4, -0.2) is 26.4 Å².